The van der Waals surface area contributed by atoms with Crippen LogP contribution in [0.3, 0.4) is 0 Å². The summed E-state index contributed by atoms with van der Waals surface area (Å²) in [5.41, 5.74) is 0.0838. The first-order chi connectivity index (χ1) is 22.0. The molecule has 1 aromatic heterocycles. The molecule has 0 radical (unpaired) electrons. The predicted octanol–water partition coefficient (Wildman–Crippen LogP) is 4.77. The van der Waals surface area contributed by atoms with E-state index in [1.807, 2.05) is 37.3 Å². The third-order valence-electron chi connectivity index (χ3n) is 7.79. The number of nitrogens with zero attached hydrogens (tertiary/aromatic N) is 4. The Hall–Kier alpha value is -4.22. The zero-order valence-electron chi connectivity index (χ0n) is 27.5. The van der Waals surface area contributed by atoms with E-state index in [0.29, 0.717) is 31.4 Å². The van der Waals surface area contributed by atoms with Crippen LogP contribution in [0, 0.1) is 0 Å². The van der Waals surface area contributed by atoms with Gasteiger partial charge in [0.1, 0.15) is 23.4 Å². The maximum atomic E-state index is 13.8. The zero-order valence-corrected chi connectivity index (χ0v) is 27.5. The lowest BCUT2D eigenvalue weighted by atomic mass is 10.1. The van der Waals surface area contributed by atoms with Gasteiger partial charge in [0.25, 0.3) is 5.91 Å². The highest BCUT2D eigenvalue weighted by Crippen LogP contribution is 2.25. The molecule has 2 aromatic rings. The van der Waals surface area contributed by atoms with Crippen LogP contribution in [0.1, 0.15) is 89.5 Å². The van der Waals surface area contributed by atoms with Crippen LogP contribution in [0.5, 0.6) is 5.88 Å². The van der Waals surface area contributed by atoms with Crippen LogP contribution in [0.2, 0.25) is 0 Å². The first-order valence-corrected chi connectivity index (χ1v) is 16.4. The molecule has 46 heavy (non-hydrogen) atoms. The molecule has 3 amide bonds. The van der Waals surface area contributed by atoms with Gasteiger partial charge in [-0.15, -0.1) is 0 Å². The van der Waals surface area contributed by atoms with Gasteiger partial charge in [-0.25, -0.2) is 9.78 Å². The largest absolute Gasteiger partial charge is 0.474 e. The van der Waals surface area contributed by atoms with E-state index < -0.39 is 29.6 Å². The fourth-order valence-electron chi connectivity index (χ4n) is 5.36. The van der Waals surface area contributed by atoms with Crippen LogP contribution in [0.4, 0.5) is 4.79 Å². The van der Waals surface area contributed by atoms with Crippen LogP contribution in [-0.2, 0) is 19.1 Å². The van der Waals surface area contributed by atoms with Crippen LogP contribution in [0.25, 0.3) is 11.4 Å². The van der Waals surface area contributed by atoms with Gasteiger partial charge in [0.15, 0.2) is 5.82 Å². The van der Waals surface area contributed by atoms with E-state index in [-0.39, 0.29) is 43.6 Å². The van der Waals surface area contributed by atoms with Gasteiger partial charge >= 0.3 is 12.1 Å². The predicted molar refractivity (Wildman–Crippen MR) is 171 cm³/mol. The third kappa shape index (κ3) is 10.4. The molecule has 0 unspecified atom stereocenters. The molecule has 250 valence electrons. The third-order valence-corrected chi connectivity index (χ3v) is 7.79. The molecule has 2 heterocycles. The molecule has 2 fully saturated rings. The van der Waals surface area contributed by atoms with Gasteiger partial charge in [-0.2, -0.15) is 4.98 Å². The van der Waals surface area contributed by atoms with E-state index in [1.54, 1.807) is 30.6 Å². The Kier molecular flexibility index (Phi) is 12.3. The lowest BCUT2D eigenvalue weighted by molar-refractivity contribution is -0.155. The Bertz CT molecular complexity index is 1330. The zero-order chi connectivity index (χ0) is 33.1. The molecule has 1 N–H and O–H groups in total. The molecular formula is C34H47N5O7. The molecule has 1 aromatic carbocycles. The second kappa shape index (κ2) is 16.4. The topological polar surface area (TPSA) is 140 Å². The summed E-state index contributed by atoms with van der Waals surface area (Å²) < 4.78 is 16.9. The van der Waals surface area contributed by atoms with Gasteiger partial charge < -0.3 is 29.3 Å². The lowest BCUT2D eigenvalue weighted by Crippen LogP contribution is -2.56. The minimum Gasteiger partial charge on any atom is -0.474 e. The summed E-state index contributed by atoms with van der Waals surface area (Å²) in [4.78, 5) is 64.8. The average Bonchev–Trinajstić information content (AvgIpc) is 3.55. The highest BCUT2D eigenvalue weighted by Gasteiger charge is 2.32. The molecule has 1 saturated heterocycles. The van der Waals surface area contributed by atoms with E-state index in [0.717, 1.165) is 44.1 Å². The van der Waals surface area contributed by atoms with Crippen molar-refractivity contribution in [2.45, 2.75) is 96.8 Å². The summed E-state index contributed by atoms with van der Waals surface area (Å²) in [6.45, 7) is 8.83. The molecule has 1 saturated carbocycles. The summed E-state index contributed by atoms with van der Waals surface area (Å²) in [6, 6.07) is 9.77. The van der Waals surface area contributed by atoms with Gasteiger partial charge in [0, 0.05) is 44.2 Å². The normalized spacial score (nSPS) is 16.1. The minimum atomic E-state index is -1.03. The summed E-state index contributed by atoms with van der Waals surface area (Å²) in [5, 5.41) is 2.83. The van der Waals surface area contributed by atoms with Crippen LogP contribution in [-0.4, -0.2) is 94.2 Å². The number of aromatic nitrogens is 2. The molecule has 1 aliphatic carbocycles. The Balaban J connectivity index is 1.51. The van der Waals surface area contributed by atoms with E-state index in [4.69, 9.17) is 14.2 Å². The Morgan fingerprint density at radius 2 is 1.65 bits per heavy atom. The van der Waals surface area contributed by atoms with Crippen molar-refractivity contribution in [2.75, 3.05) is 32.8 Å². The quantitative estimate of drug-likeness (QED) is 0.258. The van der Waals surface area contributed by atoms with E-state index in [9.17, 15) is 19.2 Å². The SMILES string of the molecule is CCCCOC(=O)N1CCN(C(=O)[C@H](CCC(=O)OC(C)(C)C)NC(=O)c2cc(OC3CCCC3)nc(-c3ccccc3)n2)CC1. The molecule has 1 aliphatic heterocycles. The Morgan fingerprint density at radius 1 is 0.978 bits per heavy atom. The monoisotopic (exact) mass is 637 g/mol. The van der Waals surface area contributed by atoms with E-state index >= 15 is 0 Å². The summed E-state index contributed by atoms with van der Waals surface area (Å²) in [6.07, 6.45) is 5.25. The van der Waals surface area contributed by atoms with Crippen molar-refractivity contribution >= 4 is 23.9 Å². The second-order valence-corrected chi connectivity index (χ2v) is 12.7. The van der Waals surface area contributed by atoms with Gasteiger partial charge in [0.05, 0.1) is 6.61 Å². The standard InChI is InChI=1S/C34H47N5O7/c1-5-6-22-44-33(43)39-20-18-38(19-21-39)32(42)26(16-17-29(40)46-34(2,3)4)36-31(41)27-23-28(45-25-14-10-11-15-25)37-30(35-27)24-12-8-7-9-13-24/h7-9,12-13,23,25-26H,5-6,10-11,14-22H2,1-4H3,(H,36,41)/t26-/m0/s1. The maximum Gasteiger partial charge on any atom is 0.409 e. The number of rotatable bonds is 12. The van der Waals surface area contributed by atoms with Crippen LogP contribution >= 0.6 is 0 Å². The number of nitrogens with one attached hydrogen (secondary N) is 1. The molecule has 2 aliphatic rings. The van der Waals surface area contributed by atoms with Crippen LogP contribution < -0.4 is 10.1 Å². The average molecular weight is 638 g/mol. The van der Waals surface area contributed by atoms with Crippen molar-refractivity contribution < 1.29 is 33.4 Å². The number of ether oxygens (including phenoxy) is 3. The number of amides is 3. The first kappa shape index (κ1) is 34.6. The molecule has 12 heteroatoms. The summed E-state index contributed by atoms with van der Waals surface area (Å²) >= 11 is 0. The van der Waals surface area contributed by atoms with E-state index in [2.05, 4.69) is 15.3 Å². The Labute approximate surface area is 271 Å². The first-order valence-electron chi connectivity index (χ1n) is 16.4. The number of esters is 1. The van der Waals surface area contributed by atoms with Crippen molar-refractivity contribution in [1.82, 2.24) is 25.1 Å². The fourth-order valence-corrected chi connectivity index (χ4v) is 5.36. The number of hydrogen-bond acceptors (Lipinski definition) is 9. The fraction of sp³-hybridized carbons (Fsp3) is 0.588. The summed E-state index contributed by atoms with van der Waals surface area (Å²) in [7, 11) is 0. The second-order valence-electron chi connectivity index (χ2n) is 12.7. The van der Waals surface area contributed by atoms with Crippen LogP contribution in [0.15, 0.2) is 36.4 Å². The van der Waals surface area contributed by atoms with Crippen molar-refractivity contribution in [3.05, 3.63) is 42.1 Å². The molecule has 0 bridgehead atoms. The van der Waals surface area contributed by atoms with Gasteiger partial charge in [-0.05, 0) is 59.3 Å². The molecular weight excluding hydrogens is 590 g/mol. The summed E-state index contributed by atoms with van der Waals surface area (Å²) in [5.74, 6) is -0.781. The van der Waals surface area contributed by atoms with Crippen molar-refractivity contribution in [2.24, 2.45) is 0 Å². The van der Waals surface area contributed by atoms with Crippen molar-refractivity contribution in [3.8, 4) is 17.3 Å². The number of carbonyl (C=O) groups excluding carboxylic acids is 4. The van der Waals surface area contributed by atoms with E-state index in [1.165, 1.54) is 6.07 Å². The number of carbonyl (C=O) groups is 4. The van der Waals surface area contributed by atoms with Crippen molar-refractivity contribution in [1.29, 1.82) is 0 Å². The highest BCUT2D eigenvalue weighted by molar-refractivity contribution is 5.96. The number of benzene rings is 1. The molecule has 1 atom stereocenters. The minimum absolute atomic E-state index is 0.0141. The van der Waals surface area contributed by atoms with Gasteiger partial charge in [-0.1, -0.05) is 43.7 Å². The molecule has 0 spiro atoms. The van der Waals surface area contributed by atoms with Crippen molar-refractivity contribution in [3.63, 3.8) is 0 Å². The molecule has 4 rings (SSSR count). The number of hydrogen-bond donors (Lipinski definition) is 1. The smallest absolute Gasteiger partial charge is 0.409 e. The maximum absolute atomic E-state index is 13.8. The molecule has 12 nitrogen and oxygen atoms in total. The lowest BCUT2D eigenvalue weighted by Gasteiger charge is -2.36. The highest BCUT2D eigenvalue weighted by atomic mass is 16.6. The Morgan fingerprint density at radius 3 is 2.30 bits per heavy atom. The van der Waals surface area contributed by atoms with Gasteiger partial charge in [-0.3, -0.25) is 14.4 Å². The number of unbranched alkanes of at least 4 members (excludes halogenated alkanes) is 1. The number of piperazine rings is 1. The van der Waals surface area contributed by atoms with Gasteiger partial charge in [0.2, 0.25) is 11.8 Å².